The molecule has 5 nitrogen and oxygen atoms in total. The van der Waals surface area contributed by atoms with Gasteiger partial charge in [-0.3, -0.25) is 0 Å². The Morgan fingerprint density at radius 2 is 1.81 bits per heavy atom. The van der Waals surface area contributed by atoms with Crippen molar-refractivity contribution in [1.82, 2.24) is 0 Å². The molecule has 0 saturated heterocycles. The molecule has 2 N–H and O–H groups in total. The van der Waals surface area contributed by atoms with E-state index in [0.717, 1.165) is 5.39 Å². The van der Waals surface area contributed by atoms with Crippen LogP contribution in [0.1, 0.15) is 5.56 Å². The minimum atomic E-state index is -2.87. The highest BCUT2D eigenvalue weighted by atomic mass is 31.1. The van der Waals surface area contributed by atoms with Crippen LogP contribution in [0, 0.1) is 6.92 Å². The zero-order chi connectivity index (χ0) is 12.1. The molecule has 16 heavy (non-hydrogen) atoms. The van der Waals surface area contributed by atoms with Gasteiger partial charge in [0, 0.05) is 15.5 Å². The van der Waals surface area contributed by atoms with Gasteiger partial charge in [-0.1, -0.05) is 18.2 Å². The highest BCUT2D eigenvalue weighted by Crippen LogP contribution is 2.11. The maximum atomic E-state index is 11.1. The fourth-order valence-corrected chi connectivity index (χ4v) is 1.17. The number of para-hydroxylation sites is 1. The van der Waals surface area contributed by atoms with Gasteiger partial charge in [0.15, 0.2) is 0 Å². The van der Waals surface area contributed by atoms with E-state index in [1.807, 2.05) is 24.3 Å². The van der Waals surface area contributed by atoms with Crippen molar-refractivity contribution in [3.05, 3.63) is 46.3 Å². The molecule has 0 unspecified atom stereocenters. The lowest BCUT2D eigenvalue weighted by Gasteiger charge is -1.95. The first-order valence-electron chi connectivity index (χ1n) is 4.35. The van der Waals surface area contributed by atoms with Crippen LogP contribution in [0.4, 0.5) is 0 Å². The summed E-state index contributed by atoms with van der Waals surface area (Å²) in [6.45, 7) is 1.75. The van der Waals surface area contributed by atoms with Crippen LogP contribution < -0.4 is 5.63 Å². The van der Waals surface area contributed by atoms with Crippen molar-refractivity contribution in [2.75, 3.05) is 0 Å². The lowest BCUT2D eigenvalue weighted by Crippen LogP contribution is -2.01. The summed E-state index contributed by atoms with van der Waals surface area (Å²) in [5.74, 6) is 0. The third-order valence-corrected chi connectivity index (χ3v) is 1.82. The lowest BCUT2D eigenvalue weighted by atomic mass is 10.2. The summed E-state index contributed by atoms with van der Waals surface area (Å²) < 4.78 is 13.7. The van der Waals surface area contributed by atoms with Gasteiger partial charge in [0.05, 0.1) is 0 Å². The molecule has 0 aliphatic rings. The highest BCUT2D eigenvalue weighted by molar-refractivity contribution is 7.30. The van der Waals surface area contributed by atoms with E-state index >= 15 is 0 Å². The third kappa shape index (κ3) is 3.55. The molecule has 1 heterocycles. The van der Waals surface area contributed by atoms with Crippen LogP contribution in [0.25, 0.3) is 11.0 Å². The second-order valence-corrected chi connectivity index (χ2v) is 3.51. The quantitative estimate of drug-likeness (QED) is 0.541. The van der Waals surface area contributed by atoms with Gasteiger partial charge < -0.3 is 4.42 Å². The first-order chi connectivity index (χ1) is 7.50. The second kappa shape index (κ2) is 5.51. The van der Waals surface area contributed by atoms with Crippen LogP contribution >= 0.6 is 8.25 Å². The van der Waals surface area contributed by atoms with E-state index in [4.69, 9.17) is 18.8 Å². The van der Waals surface area contributed by atoms with Gasteiger partial charge in [0.2, 0.25) is 0 Å². The van der Waals surface area contributed by atoms with E-state index < -0.39 is 8.25 Å². The highest BCUT2D eigenvalue weighted by Gasteiger charge is 1.98. The molecule has 0 radical (unpaired) electrons. The molecule has 0 amide bonds. The number of hydrogen-bond donors (Lipinski definition) is 2. The predicted molar refractivity (Wildman–Crippen MR) is 59.3 cm³/mol. The molecule has 1 aromatic heterocycles. The number of rotatable bonds is 0. The van der Waals surface area contributed by atoms with Crippen LogP contribution in [-0.2, 0) is 4.57 Å². The Hall–Kier alpha value is -1.55. The topological polar surface area (TPSA) is 87.7 Å². The summed E-state index contributed by atoms with van der Waals surface area (Å²) in [6, 6.07) is 9.31. The zero-order valence-corrected chi connectivity index (χ0v) is 9.35. The number of hydrogen-bond acceptors (Lipinski definition) is 3. The van der Waals surface area contributed by atoms with Crippen LogP contribution in [-0.4, -0.2) is 9.79 Å². The van der Waals surface area contributed by atoms with Gasteiger partial charge in [0.25, 0.3) is 0 Å². The smallest absolute Gasteiger partial charge is 0.423 e. The minimum Gasteiger partial charge on any atom is -0.423 e. The van der Waals surface area contributed by atoms with Crippen molar-refractivity contribution in [2.45, 2.75) is 6.92 Å². The fourth-order valence-electron chi connectivity index (χ4n) is 1.17. The Morgan fingerprint density at radius 1 is 1.25 bits per heavy atom. The first-order valence-corrected chi connectivity index (χ1v) is 5.51. The van der Waals surface area contributed by atoms with Crippen molar-refractivity contribution in [1.29, 1.82) is 0 Å². The molecular weight excluding hydrogens is 231 g/mol. The summed E-state index contributed by atoms with van der Waals surface area (Å²) in [4.78, 5) is 25.3. The molecule has 0 fully saturated rings. The largest absolute Gasteiger partial charge is 0.692 e. The summed E-state index contributed by atoms with van der Waals surface area (Å²) in [5.41, 5.74) is 1.04. The van der Waals surface area contributed by atoms with Crippen LogP contribution in [0.15, 0.2) is 39.5 Å². The van der Waals surface area contributed by atoms with E-state index in [1.54, 1.807) is 13.0 Å². The Bertz CT molecular complexity index is 556. The van der Waals surface area contributed by atoms with E-state index in [9.17, 15) is 4.79 Å². The Balaban J connectivity index is 0.000000280. The van der Waals surface area contributed by atoms with Gasteiger partial charge in [-0.15, -0.1) is 9.79 Å². The molecule has 0 spiro atoms. The van der Waals surface area contributed by atoms with Crippen LogP contribution in [0.3, 0.4) is 0 Å². The Morgan fingerprint density at radius 3 is 2.44 bits per heavy atom. The van der Waals surface area contributed by atoms with E-state index in [2.05, 4.69) is 0 Å². The number of aryl methyl sites for hydroxylation is 1. The summed E-state index contributed by atoms with van der Waals surface area (Å²) in [7, 11) is -2.87. The molecule has 0 atom stereocenters. The molecular formula is C10H10O5P+. The summed E-state index contributed by atoms with van der Waals surface area (Å²) >= 11 is 0. The normalized spacial score (nSPS) is 9.44. The molecule has 0 bridgehead atoms. The number of benzene rings is 1. The van der Waals surface area contributed by atoms with Crippen molar-refractivity contribution in [3.63, 3.8) is 0 Å². The van der Waals surface area contributed by atoms with Crippen molar-refractivity contribution < 1.29 is 18.8 Å². The van der Waals surface area contributed by atoms with Gasteiger partial charge in [-0.25, -0.2) is 4.79 Å². The van der Waals surface area contributed by atoms with Gasteiger partial charge in [-0.05, 0) is 19.1 Å². The van der Waals surface area contributed by atoms with Crippen molar-refractivity contribution in [3.8, 4) is 0 Å². The van der Waals surface area contributed by atoms with Crippen molar-refractivity contribution in [2.24, 2.45) is 0 Å². The van der Waals surface area contributed by atoms with Gasteiger partial charge >= 0.3 is 13.9 Å². The lowest BCUT2D eigenvalue weighted by molar-refractivity contribution is 0.405. The van der Waals surface area contributed by atoms with Gasteiger partial charge in [0.1, 0.15) is 5.58 Å². The molecule has 2 rings (SSSR count). The van der Waals surface area contributed by atoms with E-state index in [-0.39, 0.29) is 5.63 Å². The molecule has 0 aliphatic heterocycles. The van der Waals surface area contributed by atoms with E-state index in [0.29, 0.717) is 11.1 Å². The SMILES string of the molecule is Cc1cc2ccccc2oc1=O.O=[P+](O)O. The minimum absolute atomic E-state index is 0.256. The number of fused-ring (bicyclic) bond motifs is 1. The maximum absolute atomic E-state index is 11.1. The Kier molecular flexibility index (Phi) is 4.31. The standard InChI is InChI=1S/C10H8O2.HO3P/c1-7-6-8-4-2-3-5-9(8)12-10(7)11;1-4(2)3/h2-6H,1H3;(H-,1,2,3)/p+1. The molecule has 0 aliphatic carbocycles. The van der Waals surface area contributed by atoms with Gasteiger partial charge in [-0.2, -0.15) is 0 Å². The zero-order valence-electron chi connectivity index (χ0n) is 8.45. The average molecular weight is 241 g/mol. The van der Waals surface area contributed by atoms with E-state index in [1.165, 1.54) is 0 Å². The summed E-state index contributed by atoms with van der Waals surface area (Å²) in [6.07, 6.45) is 0. The monoisotopic (exact) mass is 241 g/mol. The van der Waals surface area contributed by atoms with Crippen LogP contribution in [0.5, 0.6) is 0 Å². The molecule has 84 valence electrons. The predicted octanol–water partition coefficient (Wildman–Crippen LogP) is 1.73. The summed E-state index contributed by atoms with van der Waals surface area (Å²) in [5, 5.41) is 0.967. The Labute approximate surface area is 91.9 Å². The average Bonchev–Trinajstić information content (AvgIpc) is 2.19. The van der Waals surface area contributed by atoms with Crippen LogP contribution in [0.2, 0.25) is 0 Å². The second-order valence-electron chi connectivity index (χ2n) is 3.01. The third-order valence-electron chi connectivity index (χ3n) is 1.82. The molecule has 6 heteroatoms. The molecule has 0 saturated carbocycles. The molecule has 1 aromatic carbocycles. The molecule has 2 aromatic rings. The van der Waals surface area contributed by atoms with Crippen molar-refractivity contribution >= 4 is 19.2 Å². The maximum Gasteiger partial charge on any atom is 0.692 e. The fraction of sp³-hybridized carbons (Fsp3) is 0.100. The first kappa shape index (κ1) is 12.5.